The third kappa shape index (κ3) is 4.53. The van der Waals surface area contributed by atoms with Crippen molar-refractivity contribution in [2.45, 2.75) is 19.6 Å². The Hall–Kier alpha value is -2.57. The number of benzene rings is 2. The number of rotatable bonds is 6. The number of para-hydroxylation sites is 1. The molecule has 0 saturated carbocycles. The molecule has 1 heterocycles. The molecule has 0 spiro atoms. The summed E-state index contributed by atoms with van der Waals surface area (Å²) in [5, 5.41) is 7.64. The molecule has 0 saturated heterocycles. The number of carbonyl (C=O) groups excluding carboxylic acids is 1. The number of aromatic nitrogens is 2. The van der Waals surface area contributed by atoms with Crippen molar-refractivity contribution < 1.29 is 14.1 Å². The normalized spacial score (nSPS) is 11.8. The standard InChI is InChI=1S/C18H15Cl2N3O3/c1-11(25-15-5-3-2-4-14(15)20)18(24)21-10-16-22-17(23-26-16)12-6-8-13(19)9-7-12/h2-9,11H,10H2,1H3,(H,21,24). The predicted octanol–water partition coefficient (Wildman–Crippen LogP) is 4.13. The molecule has 134 valence electrons. The van der Waals surface area contributed by atoms with Crippen molar-refractivity contribution in [2.24, 2.45) is 0 Å². The SMILES string of the molecule is CC(Oc1ccccc1Cl)C(=O)NCc1nc(-c2ccc(Cl)cc2)no1. The highest BCUT2D eigenvalue weighted by Gasteiger charge is 2.17. The maximum Gasteiger partial charge on any atom is 0.261 e. The summed E-state index contributed by atoms with van der Waals surface area (Å²) in [6.45, 7) is 1.72. The lowest BCUT2D eigenvalue weighted by Gasteiger charge is -2.14. The summed E-state index contributed by atoms with van der Waals surface area (Å²) in [5.41, 5.74) is 0.770. The molecular weight excluding hydrogens is 377 g/mol. The molecule has 26 heavy (non-hydrogen) atoms. The fourth-order valence-electron chi connectivity index (χ4n) is 2.13. The van der Waals surface area contributed by atoms with E-state index in [2.05, 4.69) is 15.5 Å². The molecule has 0 fully saturated rings. The number of hydrogen-bond donors (Lipinski definition) is 1. The number of hydrogen-bond acceptors (Lipinski definition) is 5. The zero-order valence-electron chi connectivity index (χ0n) is 13.8. The molecule has 2 aromatic carbocycles. The Morgan fingerprint density at radius 1 is 1.19 bits per heavy atom. The van der Waals surface area contributed by atoms with Gasteiger partial charge in [-0.2, -0.15) is 4.98 Å². The zero-order valence-corrected chi connectivity index (χ0v) is 15.3. The Morgan fingerprint density at radius 3 is 2.65 bits per heavy atom. The minimum absolute atomic E-state index is 0.0929. The van der Waals surface area contributed by atoms with Crippen molar-refractivity contribution in [3.8, 4) is 17.1 Å². The van der Waals surface area contributed by atoms with Gasteiger partial charge in [-0.05, 0) is 43.3 Å². The molecule has 6 nitrogen and oxygen atoms in total. The van der Waals surface area contributed by atoms with Gasteiger partial charge in [0.1, 0.15) is 5.75 Å². The van der Waals surface area contributed by atoms with Gasteiger partial charge in [0.25, 0.3) is 5.91 Å². The number of nitrogens with zero attached hydrogens (tertiary/aromatic N) is 2. The Bertz CT molecular complexity index is 897. The lowest BCUT2D eigenvalue weighted by molar-refractivity contribution is -0.127. The second kappa shape index (κ2) is 8.21. The van der Waals surface area contributed by atoms with E-state index >= 15 is 0 Å². The van der Waals surface area contributed by atoms with Crippen LogP contribution in [-0.2, 0) is 11.3 Å². The maximum atomic E-state index is 12.2. The van der Waals surface area contributed by atoms with Crippen LogP contribution in [0.25, 0.3) is 11.4 Å². The van der Waals surface area contributed by atoms with Gasteiger partial charge in [0.2, 0.25) is 11.7 Å². The molecule has 1 unspecified atom stereocenters. The molecule has 3 aromatic rings. The first kappa shape index (κ1) is 18.2. The van der Waals surface area contributed by atoms with E-state index in [0.717, 1.165) is 5.56 Å². The molecule has 1 amide bonds. The summed E-state index contributed by atoms with van der Waals surface area (Å²) in [5.74, 6) is 0.829. The Labute approximate surface area is 160 Å². The van der Waals surface area contributed by atoms with E-state index < -0.39 is 6.10 Å². The monoisotopic (exact) mass is 391 g/mol. The van der Waals surface area contributed by atoms with Crippen LogP contribution < -0.4 is 10.1 Å². The highest BCUT2D eigenvalue weighted by Crippen LogP contribution is 2.24. The van der Waals surface area contributed by atoms with Gasteiger partial charge in [0.15, 0.2) is 6.10 Å². The van der Waals surface area contributed by atoms with Gasteiger partial charge >= 0.3 is 0 Å². The molecule has 0 aliphatic heterocycles. The summed E-state index contributed by atoms with van der Waals surface area (Å²) >= 11 is 11.9. The van der Waals surface area contributed by atoms with Gasteiger partial charge in [0.05, 0.1) is 11.6 Å². The Morgan fingerprint density at radius 2 is 1.92 bits per heavy atom. The van der Waals surface area contributed by atoms with Crippen LogP contribution >= 0.6 is 23.2 Å². The highest BCUT2D eigenvalue weighted by atomic mass is 35.5. The average molecular weight is 392 g/mol. The Balaban J connectivity index is 1.56. The van der Waals surface area contributed by atoms with Crippen molar-refractivity contribution in [1.82, 2.24) is 15.5 Å². The minimum atomic E-state index is -0.728. The van der Waals surface area contributed by atoms with E-state index in [9.17, 15) is 4.79 Å². The fourth-order valence-corrected chi connectivity index (χ4v) is 2.44. The first-order valence-electron chi connectivity index (χ1n) is 7.80. The fraction of sp³-hybridized carbons (Fsp3) is 0.167. The van der Waals surface area contributed by atoms with E-state index in [1.165, 1.54) is 0 Å². The molecular formula is C18H15Cl2N3O3. The summed E-state index contributed by atoms with van der Waals surface area (Å²) in [4.78, 5) is 16.4. The van der Waals surface area contributed by atoms with Crippen molar-refractivity contribution in [2.75, 3.05) is 0 Å². The zero-order chi connectivity index (χ0) is 18.5. The number of nitrogens with one attached hydrogen (secondary N) is 1. The van der Waals surface area contributed by atoms with Crippen LogP contribution in [0.1, 0.15) is 12.8 Å². The molecule has 0 aliphatic carbocycles. The van der Waals surface area contributed by atoms with Gasteiger partial charge in [-0.15, -0.1) is 0 Å². The minimum Gasteiger partial charge on any atom is -0.479 e. The van der Waals surface area contributed by atoms with E-state index in [-0.39, 0.29) is 18.3 Å². The van der Waals surface area contributed by atoms with Crippen molar-refractivity contribution in [1.29, 1.82) is 0 Å². The first-order valence-corrected chi connectivity index (χ1v) is 8.56. The number of halogens is 2. The molecule has 3 rings (SSSR count). The molecule has 1 N–H and O–H groups in total. The van der Waals surface area contributed by atoms with Gasteiger partial charge in [0, 0.05) is 10.6 Å². The summed E-state index contributed by atoms with van der Waals surface area (Å²) < 4.78 is 10.7. The lowest BCUT2D eigenvalue weighted by atomic mass is 10.2. The van der Waals surface area contributed by atoms with Crippen molar-refractivity contribution in [3.05, 3.63) is 64.5 Å². The maximum absolute atomic E-state index is 12.2. The summed E-state index contributed by atoms with van der Waals surface area (Å²) in [7, 11) is 0. The van der Waals surface area contributed by atoms with Gasteiger partial charge in [-0.25, -0.2) is 0 Å². The van der Waals surface area contributed by atoms with Crippen molar-refractivity contribution in [3.63, 3.8) is 0 Å². The third-order valence-electron chi connectivity index (χ3n) is 3.49. The van der Waals surface area contributed by atoms with Crippen LogP contribution in [0.2, 0.25) is 10.0 Å². The van der Waals surface area contributed by atoms with Crippen LogP contribution in [0.3, 0.4) is 0 Å². The van der Waals surface area contributed by atoms with Gasteiger partial charge < -0.3 is 14.6 Å². The topological polar surface area (TPSA) is 77.2 Å². The quantitative estimate of drug-likeness (QED) is 0.683. The van der Waals surface area contributed by atoms with Gasteiger partial charge in [-0.3, -0.25) is 4.79 Å². The third-order valence-corrected chi connectivity index (χ3v) is 4.06. The lowest BCUT2D eigenvalue weighted by Crippen LogP contribution is -2.36. The van der Waals surface area contributed by atoms with Crippen LogP contribution in [0.15, 0.2) is 53.1 Å². The molecule has 0 radical (unpaired) electrons. The number of carbonyl (C=O) groups is 1. The molecule has 1 atom stereocenters. The largest absolute Gasteiger partial charge is 0.479 e. The van der Waals surface area contributed by atoms with E-state index in [1.54, 1.807) is 55.5 Å². The van der Waals surface area contributed by atoms with Crippen LogP contribution in [0.5, 0.6) is 5.75 Å². The van der Waals surface area contributed by atoms with Crippen molar-refractivity contribution >= 4 is 29.1 Å². The van der Waals surface area contributed by atoms with Gasteiger partial charge in [-0.1, -0.05) is 40.5 Å². The Kier molecular flexibility index (Phi) is 5.75. The number of ether oxygens (including phenoxy) is 1. The second-order valence-corrected chi connectivity index (χ2v) is 6.27. The number of amides is 1. The summed E-state index contributed by atoms with van der Waals surface area (Å²) in [6.07, 6.45) is -0.728. The van der Waals surface area contributed by atoms with Crippen LogP contribution in [-0.4, -0.2) is 22.2 Å². The molecule has 1 aromatic heterocycles. The predicted molar refractivity (Wildman–Crippen MR) is 98.1 cm³/mol. The average Bonchev–Trinajstić information content (AvgIpc) is 3.11. The highest BCUT2D eigenvalue weighted by molar-refractivity contribution is 6.32. The van der Waals surface area contributed by atoms with E-state index in [1.807, 2.05) is 0 Å². The summed E-state index contributed by atoms with van der Waals surface area (Å²) in [6, 6.07) is 14.0. The first-order chi connectivity index (χ1) is 12.5. The molecule has 8 heteroatoms. The van der Waals surface area contributed by atoms with Crippen LogP contribution in [0.4, 0.5) is 0 Å². The molecule has 0 aliphatic rings. The molecule has 0 bridgehead atoms. The van der Waals surface area contributed by atoms with E-state index in [0.29, 0.717) is 21.6 Å². The smallest absolute Gasteiger partial charge is 0.261 e. The van der Waals surface area contributed by atoms with Crippen LogP contribution in [0, 0.1) is 0 Å². The van der Waals surface area contributed by atoms with E-state index in [4.69, 9.17) is 32.5 Å². The second-order valence-electron chi connectivity index (χ2n) is 5.43.